The summed E-state index contributed by atoms with van der Waals surface area (Å²) in [6.45, 7) is 1.75. The first-order chi connectivity index (χ1) is 5.77. The Bertz CT molecular complexity index is 250. The number of pyridine rings is 1. The summed E-state index contributed by atoms with van der Waals surface area (Å²) in [6, 6.07) is 3.51. The van der Waals surface area contributed by atoms with Crippen molar-refractivity contribution in [1.82, 2.24) is 4.98 Å². The summed E-state index contributed by atoms with van der Waals surface area (Å²) in [6.07, 6.45) is 1.71. The first kappa shape index (κ1) is 9.16. The van der Waals surface area contributed by atoms with Crippen LogP contribution in [-0.2, 0) is 6.42 Å². The third-order valence-corrected chi connectivity index (χ3v) is 1.76. The van der Waals surface area contributed by atoms with Crippen molar-refractivity contribution in [1.29, 1.82) is 0 Å². The molecule has 1 unspecified atom stereocenters. The molecule has 0 bridgehead atoms. The zero-order valence-corrected chi connectivity index (χ0v) is 7.07. The van der Waals surface area contributed by atoms with Crippen molar-refractivity contribution in [3.63, 3.8) is 0 Å². The van der Waals surface area contributed by atoms with E-state index in [1.165, 1.54) is 0 Å². The van der Waals surface area contributed by atoms with Crippen LogP contribution in [0.2, 0.25) is 0 Å². The molecule has 1 heterocycles. The average molecular weight is 167 g/mol. The van der Waals surface area contributed by atoms with Gasteiger partial charge in [0.25, 0.3) is 0 Å². The van der Waals surface area contributed by atoms with Crippen LogP contribution in [0.15, 0.2) is 18.3 Å². The van der Waals surface area contributed by atoms with E-state index in [1.54, 1.807) is 18.3 Å². The highest BCUT2D eigenvalue weighted by Gasteiger charge is 2.05. The smallest absolute Gasteiger partial charge is 0.102 e. The Morgan fingerprint density at radius 3 is 2.92 bits per heavy atom. The molecule has 0 spiro atoms. The Hall–Kier alpha value is -0.930. The molecule has 0 radical (unpaired) electrons. The van der Waals surface area contributed by atoms with E-state index in [2.05, 4.69) is 4.98 Å². The summed E-state index contributed by atoms with van der Waals surface area (Å²) in [5, 5.41) is 18.0. The van der Waals surface area contributed by atoms with E-state index in [0.717, 1.165) is 17.7 Å². The molecule has 3 heteroatoms. The van der Waals surface area contributed by atoms with Crippen molar-refractivity contribution in [2.24, 2.45) is 0 Å². The van der Waals surface area contributed by atoms with Crippen molar-refractivity contribution < 1.29 is 10.2 Å². The predicted molar refractivity (Wildman–Crippen MR) is 45.7 cm³/mol. The van der Waals surface area contributed by atoms with E-state index in [4.69, 9.17) is 5.11 Å². The number of nitrogens with zero attached hydrogens (tertiary/aromatic N) is 1. The fourth-order valence-electron chi connectivity index (χ4n) is 1.00. The van der Waals surface area contributed by atoms with Gasteiger partial charge in [0.05, 0.1) is 6.61 Å². The highest BCUT2D eigenvalue weighted by molar-refractivity contribution is 5.18. The minimum Gasteiger partial charge on any atom is -0.393 e. The summed E-state index contributed by atoms with van der Waals surface area (Å²) >= 11 is 0. The Morgan fingerprint density at radius 2 is 2.33 bits per heavy atom. The first-order valence-electron chi connectivity index (χ1n) is 4.01. The molecule has 0 aliphatic heterocycles. The Balaban J connectivity index is 2.86. The Labute approximate surface area is 71.7 Å². The first-order valence-corrected chi connectivity index (χ1v) is 4.01. The molecule has 2 N–H and O–H groups in total. The van der Waals surface area contributed by atoms with Crippen molar-refractivity contribution in [2.45, 2.75) is 19.4 Å². The molecule has 0 aliphatic rings. The van der Waals surface area contributed by atoms with Crippen LogP contribution >= 0.6 is 0 Å². The number of aromatic nitrogens is 1. The number of rotatable bonds is 3. The van der Waals surface area contributed by atoms with E-state index in [-0.39, 0.29) is 6.61 Å². The highest BCUT2D eigenvalue weighted by atomic mass is 16.3. The molecule has 1 aromatic rings. The molecule has 1 atom stereocenters. The summed E-state index contributed by atoms with van der Waals surface area (Å²) in [5.74, 6) is 0. The van der Waals surface area contributed by atoms with Gasteiger partial charge in [-0.25, -0.2) is 0 Å². The maximum Gasteiger partial charge on any atom is 0.102 e. The number of aliphatic hydroxyl groups is 2. The van der Waals surface area contributed by atoms with Crippen molar-refractivity contribution in [3.8, 4) is 0 Å². The Kier molecular flexibility index (Phi) is 3.19. The van der Waals surface area contributed by atoms with E-state index in [1.807, 2.05) is 6.92 Å². The van der Waals surface area contributed by atoms with Gasteiger partial charge in [0.1, 0.15) is 6.10 Å². The van der Waals surface area contributed by atoms with Crippen LogP contribution in [0, 0.1) is 0 Å². The lowest BCUT2D eigenvalue weighted by molar-refractivity contribution is 0.0955. The minimum absolute atomic E-state index is 0.243. The van der Waals surface area contributed by atoms with Gasteiger partial charge in [-0.15, -0.1) is 0 Å². The van der Waals surface area contributed by atoms with Gasteiger partial charge < -0.3 is 10.2 Å². The zero-order valence-electron chi connectivity index (χ0n) is 7.07. The van der Waals surface area contributed by atoms with Gasteiger partial charge in [0, 0.05) is 11.9 Å². The van der Waals surface area contributed by atoms with Gasteiger partial charge in [0.15, 0.2) is 0 Å². The number of hydrogen-bond donors (Lipinski definition) is 2. The third kappa shape index (κ3) is 2.03. The average Bonchev–Trinajstić information content (AvgIpc) is 2.17. The molecule has 66 valence electrons. The molecule has 3 nitrogen and oxygen atoms in total. The maximum absolute atomic E-state index is 9.27. The number of aliphatic hydroxyl groups excluding tert-OH is 2. The minimum atomic E-state index is -0.779. The Morgan fingerprint density at radius 1 is 1.58 bits per heavy atom. The van der Waals surface area contributed by atoms with Crippen LogP contribution in [0.3, 0.4) is 0 Å². The van der Waals surface area contributed by atoms with Crippen LogP contribution in [0.1, 0.15) is 24.3 Å². The van der Waals surface area contributed by atoms with E-state index in [9.17, 15) is 5.11 Å². The monoisotopic (exact) mass is 167 g/mol. The predicted octanol–water partition coefficient (Wildman–Crippen LogP) is 0.670. The SMILES string of the molecule is CCc1cc(C(O)CO)ccn1. The summed E-state index contributed by atoms with van der Waals surface area (Å²) in [4.78, 5) is 4.08. The van der Waals surface area contributed by atoms with Crippen LogP contribution in [0.4, 0.5) is 0 Å². The van der Waals surface area contributed by atoms with Crippen LogP contribution in [-0.4, -0.2) is 21.8 Å². The lowest BCUT2D eigenvalue weighted by Crippen LogP contribution is -2.03. The summed E-state index contributed by atoms with van der Waals surface area (Å²) in [5.41, 5.74) is 1.66. The van der Waals surface area contributed by atoms with Gasteiger partial charge in [-0.1, -0.05) is 6.92 Å². The molecular formula is C9H13NO2. The normalized spacial score (nSPS) is 12.9. The van der Waals surface area contributed by atoms with Gasteiger partial charge in [-0.3, -0.25) is 4.98 Å². The van der Waals surface area contributed by atoms with Crippen molar-refractivity contribution >= 4 is 0 Å². The van der Waals surface area contributed by atoms with Gasteiger partial charge >= 0.3 is 0 Å². The lowest BCUT2D eigenvalue weighted by Gasteiger charge is -2.07. The highest BCUT2D eigenvalue weighted by Crippen LogP contribution is 2.12. The zero-order chi connectivity index (χ0) is 8.97. The van der Waals surface area contributed by atoms with E-state index >= 15 is 0 Å². The third-order valence-electron chi connectivity index (χ3n) is 1.76. The van der Waals surface area contributed by atoms with Gasteiger partial charge in [0.2, 0.25) is 0 Å². The molecule has 0 amide bonds. The van der Waals surface area contributed by atoms with Gasteiger partial charge in [-0.05, 0) is 24.1 Å². The van der Waals surface area contributed by atoms with Crippen LogP contribution < -0.4 is 0 Å². The molecule has 0 saturated carbocycles. The standard InChI is InChI=1S/C9H13NO2/c1-2-8-5-7(3-4-10-8)9(12)6-11/h3-5,9,11-12H,2,6H2,1H3. The fraction of sp³-hybridized carbons (Fsp3) is 0.444. The van der Waals surface area contributed by atoms with Crippen LogP contribution in [0.25, 0.3) is 0 Å². The summed E-state index contributed by atoms with van der Waals surface area (Å²) < 4.78 is 0. The maximum atomic E-state index is 9.27. The second-order valence-corrected chi connectivity index (χ2v) is 2.63. The molecular weight excluding hydrogens is 154 g/mol. The van der Waals surface area contributed by atoms with Gasteiger partial charge in [-0.2, -0.15) is 0 Å². The quantitative estimate of drug-likeness (QED) is 0.695. The van der Waals surface area contributed by atoms with Crippen molar-refractivity contribution in [3.05, 3.63) is 29.6 Å². The van der Waals surface area contributed by atoms with E-state index in [0.29, 0.717) is 0 Å². The second-order valence-electron chi connectivity index (χ2n) is 2.63. The molecule has 0 saturated heterocycles. The largest absolute Gasteiger partial charge is 0.393 e. The molecule has 12 heavy (non-hydrogen) atoms. The molecule has 1 aromatic heterocycles. The molecule has 0 fully saturated rings. The fourth-order valence-corrected chi connectivity index (χ4v) is 1.00. The lowest BCUT2D eigenvalue weighted by atomic mass is 10.1. The van der Waals surface area contributed by atoms with Crippen LogP contribution in [0.5, 0.6) is 0 Å². The summed E-state index contributed by atoms with van der Waals surface area (Å²) in [7, 11) is 0. The molecule has 1 rings (SSSR count). The number of aryl methyl sites for hydroxylation is 1. The molecule has 0 aliphatic carbocycles. The number of hydrogen-bond acceptors (Lipinski definition) is 3. The topological polar surface area (TPSA) is 53.4 Å². The van der Waals surface area contributed by atoms with E-state index < -0.39 is 6.10 Å². The van der Waals surface area contributed by atoms with Crippen molar-refractivity contribution in [2.75, 3.05) is 6.61 Å². The second kappa shape index (κ2) is 4.18. The molecule has 0 aromatic carbocycles.